The van der Waals surface area contributed by atoms with E-state index in [1.807, 2.05) is 6.07 Å². The van der Waals surface area contributed by atoms with Crippen molar-refractivity contribution in [3.8, 4) is 6.07 Å². The van der Waals surface area contributed by atoms with Crippen LogP contribution in [0.4, 0.5) is 5.69 Å². The van der Waals surface area contributed by atoms with Gasteiger partial charge in [-0.25, -0.2) is 0 Å². The second kappa shape index (κ2) is 4.86. The maximum atomic E-state index is 10.7. The van der Waals surface area contributed by atoms with E-state index in [2.05, 4.69) is 0 Å². The average Bonchev–Trinajstić information content (AvgIpc) is 2.26. The Morgan fingerprint density at radius 2 is 2.27 bits per heavy atom. The Kier molecular flexibility index (Phi) is 3.52. The molecular weight excluding hydrogens is 196 g/mol. The molecule has 0 aliphatic rings. The molecule has 0 atom stereocenters. The number of aldehydes is 1. The number of carbonyl (C=O) groups is 1. The maximum Gasteiger partial charge on any atom is 0.273 e. The molecule has 5 nitrogen and oxygen atoms in total. The first-order chi connectivity index (χ1) is 7.19. The Bertz CT molecular complexity index is 435. The molecule has 1 aromatic carbocycles. The quantitative estimate of drug-likeness (QED) is 0.423. The van der Waals surface area contributed by atoms with Crippen LogP contribution in [0.3, 0.4) is 0 Å². The minimum Gasteiger partial charge on any atom is -0.303 e. The Balaban J connectivity index is 3.10. The SMILES string of the molecule is N#Cc1ccc(CCC=O)c([N+](=O)[O-])c1. The number of rotatable bonds is 4. The summed E-state index contributed by atoms with van der Waals surface area (Å²) in [5.41, 5.74) is 0.624. The van der Waals surface area contributed by atoms with E-state index in [1.165, 1.54) is 18.2 Å². The van der Waals surface area contributed by atoms with Gasteiger partial charge in [0.1, 0.15) is 6.29 Å². The molecule has 0 amide bonds. The molecule has 0 bridgehead atoms. The van der Waals surface area contributed by atoms with Gasteiger partial charge in [-0.3, -0.25) is 10.1 Å². The van der Waals surface area contributed by atoms with Crippen LogP contribution in [0.5, 0.6) is 0 Å². The number of benzene rings is 1. The maximum absolute atomic E-state index is 10.7. The first kappa shape index (κ1) is 10.9. The lowest BCUT2D eigenvalue weighted by atomic mass is 10.1. The summed E-state index contributed by atoms with van der Waals surface area (Å²) < 4.78 is 0. The van der Waals surface area contributed by atoms with E-state index in [9.17, 15) is 14.9 Å². The predicted octanol–water partition coefficient (Wildman–Crippen LogP) is 1.60. The van der Waals surface area contributed by atoms with E-state index in [0.717, 1.165) is 0 Å². The molecule has 0 unspecified atom stereocenters. The normalized spacial score (nSPS) is 9.27. The van der Waals surface area contributed by atoms with Crippen LogP contribution in [-0.4, -0.2) is 11.2 Å². The van der Waals surface area contributed by atoms with Gasteiger partial charge in [-0.05, 0) is 12.5 Å². The lowest BCUT2D eigenvalue weighted by molar-refractivity contribution is -0.385. The molecular formula is C10H8N2O3. The van der Waals surface area contributed by atoms with Gasteiger partial charge < -0.3 is 4.79 Å². The van der Waals surface area contributed by atoms with Crippen LogP contribution in [0.15, 0.2) is 18.2 Å². The van der Waals surface area contributed by atoms with Gasteiger partial charge in [0.05, 0.1) is 16.6 Å². The van der Waals surface area contributed by atoms with E-state index in [-0.39, 0.29) is 17.7 Å². The van der Waals surface area contributed by atoms with E-state index in [1.54, 1.807) is 0 Å². The number of carbonyl (C=O) groups excluding carboxylic acids is 1. The van der Waals surface area contributed by atoms with Crippen LogP contribution in [0, 0.1) is 21.4 Å². The Morgan fingerprint density at radius 1 is 1.53 bits per heavy atom. The summed E-state index contributed by atoms with van der Waals surface area (Å²) in [6, 6.07) is 6.08. The van der Waals surface area contributed by atoms with Crippen LogP contribution in [0.1, 0.15) is 17.5 Å². The van der Waals surface area contributed by atoms with Crippen molar-refractivity contribution in [2.24, 2.45) is 0 Å². The van der Waals surface area contributed by atoms with Crippen molar-refractivity contribution in [3.05, 3.63) is 39.4 Å². The molecule has 15 heavy (non-hydrogen) atoms. The molecule has 0 aliphatic carbocycles. The lowest BCUT2D eigenvalue weighted by Gasteiger charge is -2.00. The van der Waals surface area contributed by atoms with Crippen LogP contribution in [-0.2, 0) is 11.2 Å². The fourth-order valence-corrected chi connectivity index (χ4v) is 1.23. The summed E-state index contributed by atoms with van der Waals surface area (Å²) in [5, 5.41) is 19.2. The second-order valence-electron chi connectivity index (χ2n) is 2.92. The molecule has 0 heterocycles. The van der Waals surface area contributed by atoms with Gasteiger partial charge in [-0.15, -0.1) is 0 Å². The van der Waals surface area contributed by atoms with Gasteiger partial charge in [-0.1, -0.05) is 6.07 Å². The highest BCUT2D eigenvalue weighted by Gasteiger charge is 2.13. The third kappa shape index (κ3) is 2.61. The fourth-order valence-electron chi connectivity index (χ4n) is 1.23. The number of nitro benzene ring substituents is 1. The monoisotopic (exact) mass is 204 g/mol. The first-order valence-corrected chi connectivity index (χ1v) is 4.30. The van der Waals surface area contributed by atoms with Gasteiger partial charge in [0.2, 0.25) is 0 Å². The van der Waals surface area contributed by atoms with Gasteiger partial charge >= 0.3 is 0 Å². The van der Waals surface area contributed by atoms with E-state index < -0.39 is 4.92 Å². The number of aryl methyl sites for hydroxylation is 1. The fraction of sp³-hybridized carbons (Fsp3) is 0.200. The lowest BCUT2D eigenvalue weighted by Crippen LogP contribution is -1.96. The van der Waals surface area contributed by atoms with Gasteiger partial charge in [-0.2, -0.15) is 5.26 Å². The van der Waals surface area contributed by atoms with Crippen molar-refractivity contribution >= 4 is 12.0 Å². The minimum absolute atomic E-state index is 0.101. The highest BCUT2D eigenvalue weighted by Crippen LogP contribution is 2.21. The number of nitro groups is 1. The van der Waals surface area contributed by atoms with E-state index >= 15 is 0 Å². The van der Waals surface area contributed by atoms with Crippen molar-refractivity contribution in [2.45, 2.75) is 12.8 Å². The number of nitriles is 1. The van der Waals surface area contributed by atoms with Gasteiger partial charge in [0.15, 0.2) is 0 Å². The highest BCUT2D eigenvalue weighted by atomic mass is 16.6. The number of hydrogen-bond acceptors (Lipinski definition) is 4. The van der Waals surface area contributed by atoms with Crippen LogP contribution in [0.25, 0.3) is 0 Å². The molecule has 5 heteroatoms. The zero-order chi connectivity index (χ0) is 11.3. The Labute approximate surface area is 86.1 Å². The third-order valence-corrected chi connectivity index (χ3v) is 1.94. The number of nitrogens with zero attached hydrogens (tertiary/aromatic N) is 2. The molecule has 0 spiro atoms. The van der Waals surface area contributed by atoms with Crippen molar-refractivity contribution in [1.29, 1.82) is 5.26 Å². The van der Waals surface area contributed by atoms with Crippen LogP contribution < -0.4 is 0 Å². The first-order valence-electron chi connectivity index (χ1n) is 4.30. The summed E-state index contributed by atoms with van der Waals surface area (Å²) in [6.07, 6.45) is 1.28. The van der Waals surface area contributed by atoms with Crippen LogP contribution in [0.2, 0.25) is 0 Å². The molecule has 0 N–H and O–H groups in total. The molecule has 0 saturated heterocycles. The topological polar surface area (TPSA) is 84.0 Å². The molecule has 0 fully saturated rings. The Morgan fingerprint density at radius 3 is 2.80 bits per heavy atom. The summed E-state index contributed by atoms with van der Waals surface area (Å²) in [7, 11) is 0. The van der Waals surface area contributed by atoms with Crippen molar-refractivity contribution in [3.63, 3.8) is 0 Å². The van der Waals surface area contributed by atoms with Gasteiger partial charge in [0.25, 0.3) is 5.69 Å². The zero-order valence-corrected chi connectivity index (χ0v) is 7.84. The highest BCUT2D eigenvalue weighted by molar-refractivity contribution is 5.53. The molecule has 0 radical (unpaired) electrons. The zero-order valence-electron chi connectivity index (χ0n) is 7.84. The molecule has 0 saturated carbocycles. The third-order valence-electron chi connectivity index (χ3n) is 1.94. The molecule has 0 aliphatic heterocycles. The van der Waals surface area contributed by atoms with Crippen molar-refractivity contribution in [2.75, 3.05) is 0 Å². The van der Waals surface area contributed by atoms with E-state index in [0.29, 0.717) is 18.3 Å². The summed E-state index contributed by atoms with van der Waals surface area (Å²) in [5.74, 6) is 0. The van der Waals surface area contributed by atoms with E-state index in [4.69, 9.17) is 5.26 Å². The molecule has 0 aromatic heterocycles. The van der Waals surface area contributed by atoms with Crippen molar-refractivity contribution < 1.29 is 9.72 Å². The van der Waals surface area contributed by atoms with Crippen LogP contribution >= 0.6 is 0 Å². The molecule has 76 valence electrons. The van der Waals surface area contributed by atoms with Gasteiger partial charge in [0, 0.05) is 18.1 Å². The smallest absolute Gasteiger partial charge is 0.273 e. The predicted molar refractivity (Wildman–Crippen MR) is 52.2 cm³/mol. The standard InChI is InChI=1S/C10H8N2O3/c11-7-8-3-4-9(2-1-5-13)10(6-8)12(14)15/h3-6H,1-2H2. The Hall–Kier alpha value is -2.22. The van der Waals surface area contributed by atoms with Crippen molar-refractivity contribution in [1.82, 2.24) is 0 Å². The largest absolute Gasteiger partial charge is 0.303 e. The summed E-state index contributed by atoms with van der Waals surface area (Å²) in [4.78, 5) is 20.3. The summed E-state index contributed by atoms with van der Waals surface area (Å²) >= 11 is 0. The summed E-state index contributed by atoms with van der Waals surface area (Å²) in [6.45, 7) is 0. The second-order valence-corrected chi connectivity index (χ2v) is 2.92. The average molecular weight is 204 g/mol. The minimum atomic E-state index is -0.541. The number of hydrogen-bond donors (Lipinski definition) is 0. The molecule has 1 aromatic rings. The molecule has 1 rings (SSSR count).